The van der Waals surface area contributed by atoms with Crippen LogP contribution in [0.15, 0.2) is 36.5 Å². The number of amides is 2. The third-order valence-electron chi connectivity index (χ3n) is 5.67. The van der Waals surface area contributed by atoms with Gasteiger partial charge in [0.1, 0.15) is 0 Å². The van der Waals surface area contributed by atoms with Gasteiger partial charge in [-0.1, -0.05) is 18.2 Å². The molecular formula is C20H25N3O2. The summed E-state index contributed by atoms with van der Waals surface area (Å²) < 4.78 is 2.16. The highest BCUT2D eigenvalue weighted by molar-refractivity contribution is 5.81. The van der Waals surface area contributed by atoms with Crippen LogP contribution in [0.5, 0.6) is 0 Å². The maximum absolute atomic E-state index is 12.9. The van der Waals surface area contributed by atoms with E-state index in [1.165, 1.54) is 10.9 Å². The molecule has 0 bridgehead atoms. The SMILES string of the molecule is O=C1CC(C2CCCCN2C(=O)CCn2ccc3ccccc32)CN1. The largest absolute Gasteiger partial charge is 0.356 e. The average Bonchev–Trinajstić information content (AvgIpc) is 3.26. The normalized spacial score (nSPS) is 23.8. The first-order valence-corrected chi connectivity index (χ1v) is 9.32. The van der Waals surface area contributed by atoms with Gasteiger partial charge in [0, 0.05) is 56.1 Å². The summed E-state index contributed by atoms with van der Waals surface area (Å²) in [5.74, 6) is 0.632. The number of hydrogen-bond donors (Lipinski definition) is 1. The van der Waals surface area contributed by atoms with Gasteiger partial charge in [-0.25, -0.2) is 0 Å². The molecule has 2 atom stereocenters. The van der Waals surface area contributed by atoms with Gasteiger partial charge in [-0.15, -0.1) is 0 Å². The number of hydrogen-bond acceptors (Lipinski definition) is 2. The number of rotatable bonds is 4. The molecule has 2 saturated heterocycles. The van der Waals surface area contributed by atoms with Crippen molar-refractivity contribution in [2.75, 3.05) is 13.1 Å². The Hall–Kier alpha value is -2.30. The van der Waals surface area contributed by atoms with Crippen LogP contribution in [0.2, 0.25) is 0 Å². The molecule has 1 aromatic carbocycles. The number of fused-ring (bicyclic) bond motifs is 1. The van der Waals surface area contributed by atoms with Gasteiger partial charge in [0.15, 0.2) is 0 Å². The van der Waals surface area contributed by atoms with Gasteiger partial charge in [0.2, 0.25) is 11.8 Å². The van der Waals surface area contributed by atoms with Crippen LogP contribution in [-0.2, 0) is 16.1 Å². The molecule has 0 radical (unpaired) electrons. The van der Waals surface area contributed by atoms with Crippen molar-refractivity contribution >= 4 is 22.7 Å². The van der Waals surface area contributed by atoms with Crippen LogP contribution in [0.4, 0.5) is 0 Å². The van der Waals surface area contributed by atoms with E-state index < -0.39 is 0 Å². The third kappa shape index (κ3) is 3.28. The molecule has 0 aliphatic carbocycles. The minimum Gasteiger partial charge on any atom is -0.356 e. The van der Waals surface area contributed by atoms with E-state index in [1.807, 2.05) is 12.1 Å². The fraction of sp³-hybridized carbons (Fsp3) is 0.500. The molecule has 1 N–H and O–H groups in total. The van der Waals surface area contributed by atoms with Crippen molar-refractivity contribution in [3.8, 4) is 0 Å². The summed E-state index contributed by atoms with van der Waals surface area (Å²) in [7, 11) is 0. The number of likely N-dealkylation sites (tertiary alicyclic amines) is 1. The lowest BCUT2D eigenvalue weighted by molar-refractivity contribution is -0.136. The number of para-hydroxylation sites is 1. The predicted octanol–water partition coefficient (Wildman–Crippen LogP) is 2.55. The zero-order valence-corrected chi connectivity index (χ0v) is 14.5. The molecule has 1 aromatic heterocycles. The van der Waals surface area contributed by atoms with Crippen LogP contribution in [0.25, 0.3) is 10.9 Å². The van der Waals surface area contributed by atoms with Gasteiger partial charge in [0.25, 0.3) is 0 Å². The standard InChI is InChI=1S/C20H25N3O2/c24-19-13-16(14-21-19)18-7-3-4-10-23(18)20(25)9-12-22-11-8-15-5-1-2-6-17(15)22/h1-2,5-6,8,11,16,18H,3-4,7,9-10,12-14H2,(H,21,24). The van der Waals surface area contributed by atoms with Gasteiger partial charge in [-0.2, -0.15) is 0 Å². The van der Waals surface area contributed by atoms with Crippen molar-refractivity contribution in [3.05, 3.63) is 36.5 Å². The van der Waals surface area contributed by atoms with E-state index in [1.54, 1.807) is 0 Å². The Morgan fingerprint density at radius 2 is 2.08 bits per heavy atom. The first kappa shape index (κ1) is 16.2. The molecule has 2 aliphatic rings. The molecule has 2 unspecified atom stereocenters. The Labute approximate surface area is 148 Å². The second-order valence-corrected chi connectivity index (χ2v) is 7.24. The van der Waals surface area contributed by atoms with E-state index in [2.05, 4.69) is 39.2 Å². The molecular weight excluding hydrogens is 314 g/mol. The second kappa shape index (κ2) is 6.90. The lowest BCUT2D eigenvalue weighted by Gasteiger charge is -2.39. The molecule has 132 valence electrons. The van der Waals surface area contributed by atoms with Crippen molar-refractivity contribution in [2.45, 2.75) is 44.7 Å². The Morgan fingerprint density at radius 3 is 2.92 bits per heavy atom. The van der Waals surface area contributed by atoms with Crippen molar-refractivity contribution in [3.63, 3.8) is 0 Å². The second-order valence-electron chi connectivity index (χ2n) is 7.24. The van der Waals surface area contributed by atoms with Crippen molar-refractivity contribution in [1.82, 2.24) is 14.8 Å². The molecule has 2 fully saturated rings. The van der Waals surface area contributed by atoms with E-state index in [0.717, 1.165) is 32.4 Å². The highest BCUT2D eigenvalue weighted by atomic mass is 16.2. The van der Waals surface area contributed by atoms with Crippen molar-refractivity contribution in [1.29, 1.82) is 0 Å². The molecule has 0 spiro atoms. The summed E-state index contributed by atoms with van der Waals surface area (Å²) >= 11 is 0. The molecule has 5 heteroatoms. The summed E-state index contributed by atoms with van der Waals surface area (Å²) in [6.07, 6.45) is 6.40. The van der Waals surface area contributed by atoms with Crippen LogP contribution < -0.4 is 5.32 Å². The summed E-state index contributed by atoms with van der Waals surface area (Å²) in [5.41, 5.74) is 1.18. The molecule has 4 rings (SSSR count). The van der Waals surface area contributed by atoms with Crippen LogP contribution in [0, 0.1) is 5.92 Å². The number of carbonyl (C=O) groups is 2. The fourth-order valence-electron chi connectivity index (χ4n) is 4.35. The summed E-state index contributed by atoms with van der Waals surface area (Å²) in [6, 6.07) is 10.6. The van der Waals surface area contributed by atoms with E-state index in [9.17, 15) is 9.59 Å². The number of aryl methyl sites for hydroxylation is 1. The van der Waals surface area contributed by atoms with Gasteiger partial charge in [-0.05, 0) is 36.8 Å². The van der Waals surface area contributed by atoms with E-state index >= 15 is 0 Å². The first-order chi connectivity index (χ1) is 12.2. The zero-order valence-electron chi connectivity index (χ0n) is 14.5. The van der Waals surface area contributed by atoms with E-state index in [-0.39, 0.29) is 23.8 Å². The summed E-state index contributed by atoms with van der Waals surface area (Å²) in [6.45, 7) is 2.26. The van der Waals surface area contributed by atoms with Crippen LogP contribution >= 0.6 is 0 Å². The Kier molecular flexibility index (Phi) is 4.47. The summed E-state index contributed by atoms with van der Waals surface area (Å²) in [4.78, 5) is 26.5. The molecule has 0 saturated carbocycles. The molecule has 3 heterocycles. The molecule has 2 amide bonds. The quantitative estimate of drug-likeness (QED) is 0.931. The number of piperidine rings is 1. The minimum atomic E-state index is 0.127. The summed E-state index contributed by atoms with van der Waals surface area (Å²) in [5, 5.41) is 4.13. The van der Waals surface area contributed by atoms with Gasteiger partial charge < -0.3 is 14.8 Å². The molecule has 2 aromatic rings. The maximum Gasteiger partial charge on any atom is 0.224 e. The molecule has 5 nitrogen and oxygen atoms in total. The zero-order chi connectivity index (χ0) is 17.2. The van der Waals surface area contributed by atoms with Gasteiger partial charge >= 0.3 is 0 Å². The number of aromatic nitrogens is 1. The van der Waals surface area contributed by atoms with Gasteiger partial charge in [0.05, 0.1) is 0 Å². The van der Waals surface area contributed by atoms with Crippen LogP contribution in [-0.4, -0.2) is 40.4 Å². The topological polar surface area (TPSA) is 54.3 Å². The number of nitrogens with zero attached hydrogens (tertiary/aromatic N) is 2. The highest BCUT2D eigenvalue weighted by Gasteiger charge is 2.36. The number of benzene rings is 1. The lowest BCUT2D eigenvalue weighted by Crippen LogP contribution is -2.48. The number of nitrogens with one attached hydrogen (secondary N) is 1. The first-order valence-electron chi connectivity index (χ1n) is 9.32. The van der Waals surface area contributed by atoms with Crippen molar-refractivity contribution in [2.24, 2.45) is 5.92 Å². The molecule has 25 heavy (non-hydrogen) atoms. The van der Waals surface area contributed by atoms with Crippen LogP contribution in [0.1, 0.15) is 32.1 Å². The Morgan fingerprint density at radius 1 is 1.20 bits per heavy atom. The smallest absolute Gasteiger partial charge is 0.224 e. The Balaban J connectivity index is 1.43. The predicted molar refractivity (Wildman–Crippen MR) is 97.0 cm³/mol. The van der Waals surface area contributed by atoms with Gasteiger partial charge in [-0.3, -0.25) is 9.59 Å². The fourth-order valence-corrected chi connectivity index (χ4v) is 4.35. The molecule has 2 aliphatic heterocycles. The maximum atomic E-state index is 12.9. The number of carbonyl (C=O) groups excluding carboxylic acids is 2. The van der Waals surface area contributed by atoms with Crippen molar-refractivity contribution < 1.29 is 9.59 Å². The van der Waals surface area contributed by atoms with E-state index in [4.69, 9.17) is 0 Å². The Bertz CT molecular complexity index is 782. The third-order valence-corrected chi connectivity index (χ3v) is 5.67. The minimum absolute atomic E-state index is 0.127. The average molecular weight is 339 g/mol. The lowest BCUT2D eigenvalue weighted by atomic mass is 9.89. The monoisotopic (exact) mass is 339 g/mol. The highest BCUT2D eigenvalue weighted by Crippen LogP contribution is 2.28. The van der Waals surface area contributed by atoms with E-state index in [0.29, 0.717) is 19.4 Å². The van der Waals surface area contributed by atoms with Crippen LogP contribution in [0.3, 0.4) is 0 Å².